The highest BCUT2D eigenvalue weighted by Gasteiger charge is 2.30. The van der Waals surface area contributed by atoms with Gasteiger partial charge in [-0.3, -0.25) is 4.79 Å². The van der Waals surface area contributed by atoms with Crippen molar-refractivity contribution in [3.63, 3.8) is 0 Å². The zero-order chi connectivity index (χ0) is 15.3. The Hall–Kier alpha value is -1.83. The Morgan fingerprint density at radius 2 is 2.33 bits per heavy atom. The quantitative estimate of drug-likeness (QED) is 0.830. The first kappa shape index (κ1) is 15.6. The third kappa shape index (κ3) is 4.07. The molecule has 0 radical (unpaired) electrons. The lowest BCUT2D eigenvalue weighted by atomic mass is 10.0. The van der Waals surface area contributed by atoms with Gasteiger partial charge >= 0.3 is 0 Å². The number of nitrogens with one attached hydrogen (secondary N) is 1. The maximum Gasteiger partial charge on any atom is 0.251 e. The Labute approximate surface area is 126 Å². The number of aryl methyl sites for hydroxylation is 1. The molecule has 1 aromatic carbocycles. The minimum absolute atomic E-state index is 0.0949. The first-order chi connectivity index (χ1) is 10.0. The highest BCUT2D eigenvalue weighted by Crippen LogP contribution is 2.24. The largest absolute Gasteiger partial charge is 0.373 e. The molecule has 1 atom stereocenters. The molecule has 0 aromatic heterocycles. The summed E-state index contributed by atoms with van der Waals surface area (Å²) in [5.41, 5.74) is 7.65. The highest BCUT2D eigenvalue weighted by molar-refractivity contribution is 5.94. The van der Waals surface area contributed by atoms with Gasteiger partial charge in [0.25, 0.3) is 5.91 Å². The van der Waals surface area contributed by atoms with Crippen LogP contribution in [0.2, 0.25) is 0 Å². The van der Waals surface area contributed by atoms with E-state index >= 15 is 0 Å². The minimum Gasteiger partial charge on any atom is -0.373 e. The summed E-state index contributed by atoms with van der Waals surface area (Å²) >= 11 is 0. The summed E-state index contributed by atoms with van der Waals surface area (Å²) in [4.78, 5) is 12.2. The van der Waals surface area contributed by atoms with Gasteiger partial charge in [-0.15, -0.1) is 0 Å². The number of hydrogen-bond acceptors (Lipinski definition) is 3. The first-order valence-corrected chi connectivity index (χ1v) is 7.26. The van der Waals surface area contributed by atoms with Crippen LogP contribution in [-0.4, -0.2) is 31.2 Å². The summed E-state index contributed by atoms with van der Waals surface area (Å²) in [7, 11) is 0. The second-order valence-corrected chi connectivity index (χ2v) is 5.62. The molecule has 4 nitrogen and oxygen atoms in total. The zero-order valence-corrected chi connectivity index (χ0v) is 12.7. The molecule has 1 aliphatic rings. The van der Waals surface area contributed by atoms with Gasteiger partial charge in [-0.1, -0.05) is 17.9 Å². The number of carbonyl (C=O) groups is 1. The maximum atomic E-state index is 12.2. The molecule has 2 rings (SSSR count). The average Bonchev–Trinajstić information content (AvgIpc) is 2.91. The van der Waals surface area contributed by atoms with E-state index < -0.39 is 0 Å². The molecule has 1 heterocycles. The molecule has 1 aromatic rings. The predicted molar refractivity (Wildman–Crippen MR) is 83.0 cm³/mol. The van der Waals surface area contributed by atoms with Gasteiger partial charge in [-0.25, -0.2) is 0 Å². The van der Waals surface area contributed by atoms with Gasteiger partial charge in [0.05, 0.1) is 12.1 Å². The highest BCUT2D eigenvalue weighted by atomic mass is 16.5. The normalized spacial score (nSPS) is 20.7. The predicted octanol–water partition coefficient (Wildman–Crippen LogP) is 1.60. The Balaban J connectivity index is 2.05. The lowest BCUT2D eigenvalue weighted by Crippen LogP contribution is -2.40. The number of amides is 1. The zero-order valence-electron chi connectivity index (χ0n) is 12.7. The van der Waals surface area contributed by atoms with Crippen molar-refractivity contribution in [2.75, 3.05) is 19.7 Å². The van der Waals surface area contributed by atoms with E-state index in [-0.39, 0.29) is 11.5 Å². The third-order valence-corrected chi connectivity index (χ3v) is 3.75. The number of hydrogen-bond donors (Lipinski definition) is 2. The summed E-state index contributed by atoms with van der Waals surface area (Å²) < 4.78 is 5.67. The van der Waals surface area contributed by atoms with Gasteiger partial charge in [0.15, 0.2) is 0 Å². The van der Waals surface area contributed by atoms with E-state index in [1.54, 1.807) is 0 Å². The number of rotatable bonds is 3. The topological polar surface area (TPSA) is 64.3 Å². The fraction of sp³-hybridized carbons (Fsp3) is 0.471. The van der Waals surface area contributed by atoms with Crippen molar-refractivity contribution >= 4 is 5.91 Å². The van der Waals surface area contributed by atoms with E-state index in [4.69, 9.17) is 10.5 Å². The second-order valence-electron chi connectivity index (χ2n) is 5.62. The van der Waals surface area contributed by atoms with Gasteiger partial charge in [0, 0.05) is 24.3 Å². The molecule has 0 bridgehead atoms. The Bertz CT molecular complexity index is 578. The molecule has 1 aliphatic heterocycles. The summed E-state index contributed by atoms with van der Waals surface area (Å²) in [6.45, 7) is 5.62. The monoisotopic (exact) mass is 286 g/mol. The van der Waals surface area contributed by atoms with Crippen LogP contribution in [0.25, 0.3) is 0 Å². The van der Waals surface area contributed by atoms with Crippen LogP contribution < -0.4 is 11.1 Å². The fourth-order valence-corrected chi connectivity index (χ4v) is 2.39. The van der Waals surface area contributed by atoms with Crippen LogP contribution in [0.15, 0.2) is 18.2 Å². The summed E-state index contributed by atoms with van der Waals surface area (Å²) in [6, 6.07) is 5.53. The van der Waals surface area contributed by atoms with E-state index in [0.717, 1.165) is 30.6 Å². The summed E-state index contributed by atoms with van der Waals surface area (Å²) in [6.07, 6.45) is 2.03. The van der Waals surface area contributed by atoms with E-state index in [0.29, 0.717) is 18.7 Å². The molecule has 112 valence electrons. The Morgan fingerprint density at radius 1 is 1.52 bits per heavy atom. The molecule has 1 amide bonds. The van der Waals surface area contributed by atoms with Gasteiger partial charge in [0.1, 0.15) is 0 Å². The SMILES string of the molecule is Cc1ccc(C(=O)NCC2(C)CCCO2)cc1C#CCN. The maximum absolute atomic E-state index is 12.2. The van der Waals surface area contributed by atoms with Crippen molar-refractivity contribution in [1.29, 1.82) is 0 Å². The molecule has 21 heavy (non-hydrogen) atoms. The van der Waals surface area contributed by atoms with Crippen LogP contribution in [0.3, 0.4) is 0 Å². The van der Waals surface area contributed by atoms with Crippen molar-refractivity contribution in [1.82, 2.24) is 5.32 Å². The smallest absolute Gasteiger partial charge is 0.251 e. The number of carbonyl (C=O) groups excluding carboxylic acids is 1. The molecule has 0 saturated carbocycles. The van der Waals surface area contributed by atoms with Crippen LogP contribution in [0.1, 0.15) is 41.3 Å². The van der Waals surface area contributed by atoms with Gasteiger partial charge < -0.3 is 15.8 Å². The fourth-order valence-electron chi connectivity index (χ4n) is 2.39. The molecule has 1 saturated heterocycles. The molecule has 0 spiro atoms. The standard InChI is InChI=1S/C17H22N2O2/c1-13-6-7-15(11-14(13)5-3-9-18)16(20)19-12-17(2)8-4-10-21-17/h6-7,11H,4,8-10,12,18H2,1-2H3,(H,19,20). The molecule has 1 fully saturated rings. The van der Waals surface area contributed by atoms with Crippen molar-refractivity contribution in [2.45, 2.75) is 32.3 Å². The molecule has 0 aliphatic carbocycles. The van der Waals surface area contributed by atoms with Crippen LogP contribution in [0.5, 0.6) is 0 Å². The second kappa shape index (κ2) is 6.75. The van der Waals surface area contributed by atoms with Gasteiger partial charge in [0.2, 0.25) is 0 Å². The lowest BCUT2D eigenvalue weighted by Gasteiger charge is -2.23. The number of ether oxygens (including phenoxy) is 1. The van der Waals surface area contributed by atoms with Crippen LogP contribution in [-0.2, 0) is 4.74 Å². The Kier molecular flexibility index (Phi) is 5.00. The van der Waals surface area contributed by atoms with Crippen molar-refractivity contribution in [2.24, 2.45) is 5.73 Å². The van der Waals surface area contributed by atoms with Crippen molar-refractivity contribution in [3.8, 4) is 11.8 Å². The van der Waals surface area contributed by atoms with Gasteiger partial charge in [-0.2, -0.15) is 0 Å². The number of nitrogens with two attached hydrogens (primary N) is 1. The van der Waals surface area contributed by atoms with Crippen molar-refractivity contribution in [3.05, 3.63) is 34.9 Å². The molecule has 4 heteroatoms. The van der Waals surface area contributed by atoms with Crippen LogP contribution in [0.4, 0.5) is 0 Å². The first-order valence-electron chi connectivity index (χ1n) is 7.26. The van der Waals surface area contributed by atoms with E-state index in [1.165, 1.54) is 0 Å². The van der Waals surface area contributed by atoms with Crippen molar-refractivity contribution < 1.29 is 9.53 Å². The third-order valence-electron chi connectivity index (χ3n) is 3.75. The summed E-state index contributed by atoms with van der Waals surface area (Å²) in [5, 5.41) is 2.95. The van der Waals surface area contributed by atoms with Crippen LogP contribution in [0, 0.1) is 18.8 Å². The number of benzene rings is 1. The molecule has 3 N–H and O–H groups in total. The van der Waals surface area contributed by atoms with E-state index in [2.05, 4.69) is 17.2 Å². The molecular formula is C17H22N2O2. The van der Waals surface area contributed by atoms with E-state index in [9.17, 15) is 4.79 Å². The molecular weight excluding hydrogens is 264 g/mol. The van der Waals surface area contributed by atoms with Gasteiger partial charge in [-0.05, 0) is 44.4 Å². The average molecular weight is 286 g/mol. The Morgan fingerprint density at radius 3 is 3.00 bits per heavy atom. The molecule has 1 unspecified atom stereocenters. The summed E-state index contributed by atoms with van der Waals surface area (Å²) in [5.74, 6) is 5.72. The lowest BCUT2D eigenvalue weighted by molar-refractivity contribution is 0.0206. The van der Waals surface area contributed by atoms with E-state index in [1.807, 2.05) is 32.0 Å². The minimum atomic E-state index is -0.234. The van der Waals surface area contributed by atoms with Crippen LogP contribution >= 0.6 is 0 Å².